The zero-order valence-corrected chi connectivity index (χ0v) is 15.7. The van der Waals surface area contributed by atoms with Crippen molar-refractivity contribution in [3.05, 3.63) is 59.2 Å². The van der Waals surface area contributed by atoms with Crippen molar-refractivity contribution in [2.24, 2.45) is 5.92 Å². The molecule has 0 unspecified atom stereocenters. The SMILES string of the molecule is Cc1cc(C)cc(OCC(=O)Nc2ccc(C(=O)OCC(C)C)cc2)c1. The number of ether oxygens (including phenoxy) is 2. The summed E-state index contributed by atoms with van der Waals surface area (Å²) in [6.07, 6.45) is 0. The third-order valence-corrected chi connectivity index (χ3v) is 3.52. The van der Waals surface area contributed by atoms with Crippen molar-refractivity contribution in [1.29, 1.82) is 0 Å². The lowest BCUT2D eigenvalue weighted by Gasteiger charge is -2.10. The van der Waals surface area contributed by atoms with Crippen molar-refractivity contribution in [2.75, 3.05) is 18.5 Å². The lowest BCUT2D eigenvalue weighted by molar-refractivity contribution is -0.118. The maximum Gasteiger partial charge on any atom is 0.338 e. The molecule has 0 aromatic heterocycles. The Hall–Kier alpha value is -2.82. The predicted octanol–water partition coefficient (Wildman–Crippen LogP) is 4.13. The fraction of sp³-hybridized carbons (Fsp3) is 0.333. The Kier molecular flexibility index (Phi) is 6.78. The Morgan fingerprint density at radius 3 is 2.19 bits per heavy atom. The van der Waals surface area contributed by atoms with Crippen LogP contribution in [0.5, 0.6) is 5.75 Å². The number of esters is 1. The minimum Gasteiger partial charge on any atom is -0.484 e. The van der Waals surface area contributed by atoms with Crippen LogP contribution in [0.25, 0.3) is 0 Å². The summed E-state index contributed by atoms with van der Waals surface area (Å²) in [6, 6.07) is 12.4. The molecular weight excluding hydrogens is 330 g/mol. The first kappa shape index (κ1) is 19.5. The van der Waals surface area contributed by atoms with Crippen LogP contribution in [0.4, 0.5) is 5.69 Å². The summed E-state index contributed by atoms with van der Waals surface area (Å²) in [4.78, 5) is 23.9. The minimum atomic E-state index is -0.366. The highest BCUT2D eigenvalue weighted by Gasteiger charge is 2.09. The molecule has 0 radical (unpaired) electrons. The third-order valence-electron chi connectivity index (χ3n) is 3.52. The first-order valence-corrected chi connectivity index (χ1v) is 8.61. The van der Waals surface area contributed by atoms with Crippen LogP contribution in [0, 0.1) is 19.8 Å². The number of hydrogen-bond acceptors (Lipinski definition) is 4. The molecule has 2 aromatic rings. The molecule has 0 heterocycles. The maximum absolute atomic E-state index is 12.0. The van der Waals surface area contributed by atoms with Gasteiger partial charge in [0.05, 0.1) is 12.2 Å². The molecule has 2 aromatic carbocycles. The van der Waals surface area contributed by atoms with E-state index >= 15 is 0 Å². The van der Waals surface area contributed by atoms with Gasteiger partial charge in [-0.2, -0.15) is 0 Å². The summed E-state index contributed by atoms with van der Waals surface area (Å²) in [5.74, 6) is 0.324. The number of nitrogens with one attached hydrogen (secondary N) is 1. The summed E-state index contributed by atoms with van der Waals surface area (Å²) in [5, 5.41) is 2.74. The second-order valence-corrected chi connectivity index (χ2v) is 6.73. The molecule has 0 aliphatic carbocycles. The lowest BCUT2D eigenvalue weighted by atomic mass is 10.1. The topological polar surface area (TPSA) is 64.6 Å². The second-order valence-electron chi connectivity index (χ2n) is 6.73. The predicted molar refractivity (Wildman–Crippen MR) is 102 cm³/mol. The van der Waals surface area contributed by atoms with Crippen molar-refractivity contribution >= 4 is 17.6 Å². The summed E-state index contributed by atoms with van der Waals surface area (Å²) in [6.45, 7) is 8.22. The molecule has 0 aliphatic heterocycles. The van der Waals surface area contributed by atoms with E-state index in [1.54, 1.807) is 24.3 Å². The van der Waals surface area contributed by atoms with Crippen LogP contribution in [-0.4, -0.2) is 25.1 Å². The van der Waals surface area contributed by atoms with Crippen molar-refractivity contribution in [3.63, 3.8) is 0 Å². The first-order valence-electron chi connectivity index (χ1n) is 8.61. The second kappa shape index (κ2) is 9.04. The molecule has 0 saturated heterocycles. The third kappa shape index (κ3) is 6.24. The van der Waals surface area contributed by atoms with Crippen LogP contribution in [0.1, 0.15) is 35.3 Å². The number of amides is 1. The minimum absolute atomic E-state index is 0.0823. The number of benzene rings is 2. The number of hydrogen-bond donors (Lipinski definition) is 1. The van der Waals surface area contributed by atoms with Gasteiger partial charge in [0.25, 0.3) is 5.91 Å². The Bertz CT molecular complexity index is 746. The molecule has 0 aliphatic rings. The molecule has 0 bridgehead atoms. The standard InChI is InChI=1S/C21H25NO4/c1-14(2)12-26-21(24)17-5-7-18(8-6-17)22-20(23)13-25-19-10-15(3)9-16(4)11-19/h5-11,14H,12-13H2,1-4H3,(H,22,23). The largest absolute Gasteiger partial charge is 0.484 e. The lowest BCUT2D eigenvalue weighted by Crippen LogP contribution is -2.20. The molecule has 1 amide bonds. The van der Waals surface area contributed by atoms with Gasteiger partial charge in [0, 0.05) is 5.69 Å². The van der Waals surface area contributed by atoms with E-state index in [0.717, 1.165) is 11.1 Å². The van der Waals surface area contributed by atoms with E-state index in [2.05, 4.69) is 5.32 Å². The summed E-state index contributed by atoms with van der Waals surface area (Å²) in [5.41, 5.74) is 3.22. The number of carbonyl (C=O) groups excluding carboxylic acids is 2. The number of carbonyl (C=O) groups is 2. The first-order chi connectivity index (χ1) is 12.3. The Morgan fingerprint density at radius 2 is 1.62 bits per heavy atom. The summed E-state index contributed by atoms with van der Waals surface area (Å²) < 4.78 is 10.7. The molecular formula is C21H25NO4. The molecule has 1 N–H and O–H groups in total. The monoisotopic (exact) mass is 355 g/mol. The summed E-state index contributed by atoms with van der Waals surface area (Å²) in [7, 11) is 0. The van der Waals surface area contributed by atoms with Gasteiger partial charge in [-0.1, -0.05) is 19.9 Å². The summed E-state index contributed by atoms with van der Waals surface area (Å²) >= 11 is 0. The highest BCUT2D eigenvalue weighted by Crippen LogP contribution is 2.16. The van der Waals surface area contributed by atoms with E-state index in [0.29, 0.717) is 23.6 Å². The van der Waals surface area contributed by atoms with Gasteiger partial charge in [-0.05, 0) is 67.3 Å². The molecule has 138 valence electrons. The molecule has 2 rings (SSSR count). The van der Waals surface area contributed by atoms with Gasteiger partial charge >= 0.3 is 5.97 Å². The van der Waals surface area contributed by atoms with Crippen LogP contribution < -0.4 is 10.1 Å². The van der Waals surface area contributed by atoms with Crippen LogP contribution >= 0.6 is 0 Å². The average molecular weight is 355 g/mol. The van der Waals surface area contributed by atoms with Gasteiger partial charge in [0.2, 0.25) is 0 Å². The maximum atomic E-state index is 12.0. The van der Waals surface area contributed by atoms with Gasteiger partial charge in [0.15, 0.2) is 6.61 Å². The van der Waals surface area contributed by atoms with E-state index in [4.69, 9.17) is 9.47 Å². The van der Waals surface area contributed by atoms with Gasteiger partial charge in [-0.15, -0.1) is 0 Å². The fourth-order valence-electron chi connectivity index (χ4n) is 2.38. The number of anilines is 1. The molecule has 0 saturated carbocycles. The van der Waals surface area contributed by atoms with Crippen molar-refractivity contribution in [1.82, 2.24) is 0 Å². The molecule has 0 atom stereocenters. The van der Waals surface area contributed by atoms with Crippen LogP contribution in [0.2, 0.25) is 0 Å². The molecule has 0 spiro atoms. The zero-order valence-electron chi connectivity index (χ0n) is 15.7. The molecule has 5 heteroatoms. The molecule has 5 nitrogen and oxygen atoms in total. The van der Waals surface area contributed by atoms with Gasteiger partial charge in [0.1, 0.15) is 5.75 Å². The van der Waals surface area contributed by atoms with Crippen LogP contribution in [0.3, 0.4) is 0 Å². The highest BCUT2D eigenvalue weighted by molar-refractivity contribution is 5.93. The molecule has 26 heavy (non-hydrogen) atoms. The van der Waals surface area contributed by atoms with Crippen molar-refractivity contribution < 1.29 is 19.1 Å². The van der Waals surface area contributed by atoms with Crippen molar-refractivity contribution in [3.8, 4) is 5.75 Å². The smallest absolute Gasteiger partial charge is 0.338 e. The highest BCUT2D eigenvalue weighted by atomic mass is 16.5. The number of rotatable bonds is 7. The quantitative estimate of drug-likeness (QED) is 0.758. The van der Waals surface area contributed by atoms with Gasteiger partial charge < -0.3 is 14.8 Å². The Balaban J connectivity index is 1.86. The Morgan fingerprint density at radius 1 is 1.00 bits per heavy atom. The van der Waals surface area contributed by atoms with E-state index in [-0.39, 0.29) is 24.4 Å². The van der Waals surface area contributed by atoms with E-state index in [1.165, 1.54) is 0 Å². The zero-order chi connectivity index (χ0) is 19.1. The van der Waals surface area contributed by atoms with E-state index in [1.807, 2.05) is 45.9 Å². The van der Waals surface area contributed by atoms with E-state index < -0.39 is 0 Å². The Labute approximate surface area is 154 Å². The van der Waals surface area contributed by atoms with Crippen molar-refractivity contribution in [2.45, 2.75) is 27.7 Å². The van der Waals surface area contributed by atoms with E-state index in [9.17, 15) is 9.59 Å². The van der Waals surface area contributed by atoms with Gasteiger partial charge in [-0.25, -0.2) is 4.79 Å². The fourth-order valence-corrected chi connectivity index (χ4v) is 2.38. The van der Waals surface area contributed by atoms with Crippen LogP contribution in [-0.2, 0) is 9.53 Å². The van der Waals surface area contributed by atoms with Crippen LogP contribution in [0.15, 0.2) is 42.5 Å². The average Bonchev–Trinajstić information content (AvgIpc) is 2.57. The molecule has 0 fully saturated rings. The number of aryl methyl sites for hydroxylation is 2. The van der Waals surface area contributed by atoms with Gasteiger partial charge in [-0.3, -0.25) is 4.79 Å². The normalized spacial score (nSPS) is 10.5.